The van der Waals surface area contributed by atoms with Crippen molar-refractivity contribution in [3.8, 4) is 0 Å². The van der Waals surface area contributed by atoms with Gasteiger partial charge in [-0.3, -0.25) is 4.79 Å². The summed E-state index contributed by atoms with van der Waals surface area (Å²) in [5.41, 5.74) is 6.07. The lowest BCUT2D eigenvalue weighted by molar-refractivity contribution is -0.138. The van der Waals surface area contributed by atoms with Crippen LogP contribution in [0.25, 0.3) is 0 Å². The van der Waals surface area contributed by atoms with Gasteiger partial charge in [0.2, 0.25) is 0 Å². The lowest BCUT2D eigenvalue weighted by Gasteiger charge is -2.05. The zero-order chi connectivity index (χ0) is 10.6. The van der Waals surface area contributed by atoms with Crippen LogP contribution in [0.3, 0.4) is 0 Å². The highest BCUT2D eigenvalue weighted by atomic mass is 16.5. The van der Waals surface area contributed by atoms with Gasteiger partial charge in [-0.15, -0.1) is 0 Å². The fourth-order valence-corrected chi connectivity index (χ4v) is 0.938. The Morgan fingerprint density at radius 3 is 3.07 bits per heavy atom. The molecule has 1 heterocycles. The number of aromatic nitrogens is 1. The molecule has 1 unspecified atom stereocenters. The molecule has 0 saturated heterocycles. The average Bonchev–Trinajstić information content (AvgIpc) is 2.51. The molecule has 0 amide bonds. The molecule has 0 bridgehead atoms. The van der Waals surface area contributed by atoms with Crippen LogP contribution in [-0.4, -0.2) is 28.8 Å². The molecule has 1 rings (SSSR count). The van der Waals surface area contributed by atoms with Crippen LogP contribution in [0.1, 0.15) is 11.5 Å². The lowest BCUT2D eigenvalue weighted by atomic mass is 10.3. The molecule has 1 atom stereocenters. The number of rotatable bonds is 5. The van der Waals surface area contributed by atoms with Crippen molar-refractivity contribution < 1.29 is 14.4 Å². The van der Waals surface area contributed by atoms with Crippen molar-refractivity contribution >= 4 is 5.97 Å². The molecule has 0 fully saturated rings. The highest BCUT2D eigenvalue weighted by Gasteiger charge is 2.10. The van der Waals surface area contributed by atoms with Gasteiger partial charge >= 0.3 is 5.97 Å². The van der Waals surface area contributed by atoms with Crippen LogP contribution in [0.15, 0.2) is 10.6 Å². The Kier molecular flexibility index (Phi) is 3.61. The first-order valence-corrected chi connectivity index (χ1v) is 4.21. The number of aliphatic carboxylic acids is 1. The van der Waals surface area contributed by atoms with Crippen molar-refractivity contribution in [3.63, 3.8) is 0 Å². The second-order valence-corrected chi connectivity index (χ2v) is 3.01. The minimum Gasteiger partial charge on any atom is -0.480 e. The quantitative estimate of drug-likeness (QED) is 0.590. The first-order valence-electron chi connectivity index (χ1n) is 4.21. The third-order valence-electron chi connectivity index (χ3n) is 1.66. The van der Waals surface area contributed by atoms with Gasteiger partial charge in [0.1, 0.15) is 6.04 Å². The third-order valence-corrected chi connectivity index (χ3v) is 1.66. The minimum atomic E-state index is -1.02. The van der Waals surface area contributed by atoms with Crippen LogP contribution in [0, 0.1) is 6.92 Å². The second kappa shape index (κ2) is 4.73. The predicted molar refractivity (Wildman–Crippen MR) is 48.6 cm³/mol. The molecule has 0 saturated carbocycles. The van der Waals surface area contributed by atoms with Gasteiger partial charge < -0.3 is 20.7 Å². The summed E-state index contributed by atoms with van der Waals surface area (Å²) in [6.45, 7) is 2.45. The zero-order valence-electron chi connectivity index (χ0n) is 7.86. The van der Waals surface area contributed by atoms with Crippen LogP contribution in [0.4, 0.5) is 0 Å². The number of carboxylic acids is 1. The van der Waals surface area contributed by atoms with Crippen LogP contribution >= 0.6 is 0 Å². The van der Waals surface area contributed by atoms with Crippen LogP contribution in [-0.2, 0) is 11.3 Å². The van der Waals surface area contributed by atoms with E-state index in [1.165, 1.54) is 0 Å². The summed E-state index contributed by atoms with van der Waals surface area (Å²) in [4.78, 5) is 10.3. The smallest absolute Gasteiger partial charge is 0.321 e. The van der Waals surface area contributed by atoms with Gasteiger partial charge in [0, 0.05) is 12.6 Å². The van der Waals surface area contributed by atoms with Gasteiger partial charge in [-0.2, -0.15) is 0 Å². The SMILES string of the molecule is Cc1cc(CNCC(N)C(=O)O)on1. The number of nitrogens with zero attached hydrogens (tertiary/aromatic N) is 1. The molecule has 0 aromatic carbocycles. The van der Waals surface area contributed by atoms with E-state index in [0.29, 0.717) is 12.3 Å². The van der Waals surface area contributed by atoms with Crippen molar-refractivity contribution in [2.24, 2.45) is 5.73 Å². The molecule has 0 aliphatic rings. The number of nitrogens with one attached hydrogen (secondary N) is 1. The van der Waals surface area contributed by atoms with Crippen LogP contribution in [0.5, 0.6) is 0 Å². The highest BCUT2D eigenvalue weighted by molar-refractivity contribution is 5.73. The fraction of sp³-hybridized carbons (Fsp3) is 0.500. The number of hydrogen-bond donors (Lipinski definition) is 3. The van der Waals surface area contributed by atoms with Crippen LogP contribution < -0.4 is 11.1 Å². The van der Waals surface area contributed by atoms with Gasteiger partial charge in [-0.25, -0.2) is 0 Å². The predicted octanol–water partition coefficient (Wildman–Crippen LogP) is -0.515. The first-order chi connectivity index (χ1) is 6.59. The van der Waals surface area contributed by atoms with Gasteiger partial charge in [0.25, 0.3) is 0 Å². The van der Waals surface area contributed by atoms with Crippen molar-refractivity contribution in [2.45, 2.75) is 19.5 Å². The topological polar surface area (TPSA) is 101 Å². The summed E-state index contributed by atoms with van der Waals surface area (Å²) < 4.78 is 4.91. The Balaban J connectivity index is 2.25. The fourth-order valence-electron chi connectivity index (χ4n) is 0.938. The van der Waals surface area contributed by atoms with Gasteiger partial charge in [-0.1, -0.05) is 5.16 Å². The second-order valence-electron chi connectivity index (χ2n) is 3.01. The van der Waals surface area contributed by atoms with E-state index >= 15 is 0 Å². The van der Waals surface area contributed by atoms with Gasteiger partial charge in [0.15, 0.2) is 5.76 Å². The molecule has 6 nitrogen and oxygen atoms in total. The molecule has 78 valence electrons. The summed E-state index contributed by atoms with van der Waals surface area (Å²) in [6.07, 6.45) is 0. The highest BCUT2D eigenvalue weighted by Crippen LogP contribution is 2.00. The number of hydrogen-bond acceptors (Lipinski definition) is 5. The van der Waals surface area contributed by atoms with E-state index < -0.39 is 12.0 Å². The van der Waals surface area contributed by atoms with Crippen molar-refractivity contribution in [3.05, 3.63) is 17.5 Å². The summed E-state index contributed by atoms with van der Waals surface area (Å²) in [7, 11) is 0. The van der Waals surface area contributed by atoms with E-state index in [1.807, 2.05) is 6.92 Å². The molecule has 0 aliphatic carbocycles. The van der Waals surface area contributed by atoms with E-state index in [-0.39, 0.29) is 6.54 Å². The molecule has 1 aromatic heterocycles. The Labute approximate surface area is 81.1 Å². The van der Waals surface area contributed by atoms with Crippen molar-refractivity contribution in [1.82, 2.24) is 10.5 Å². The molecule has 1 aromatic rings. The van der Waals surface area contributed by atoms with E-state index in [4.69, 9.17) is 15.4 Å². The molecule has 0 radical (unpaired) electrons. The Hall–Kier alpha value is -1.40. The minimum absolute atomic E-state index is 0.203. The summed E-state index contributed by atoms with van der Waals surface area (Å²) >= 11 is 0. The Bertz CT molecular complexity index is 311. The van der Waals surface area contributed by atoms with Crippen molar-refractivity contribution in [2.75, 3.05) is 6.54 Å². The maximum atomic E-state index is 10.3. The number of carbonyl (C=O) groups is 1. The van der Waals surface area contributed by atoms with E-state index in [2.05, 4.69) is 10.5 Å². The zero-order valence-corrected chi connectivity index (χ0v) is 7.86. The third kappa shape index (κ3) is 3.15. The molecule has 14 heavy (non-hydrogen) atoms. The number of aryl methyl sites for hydroxylation is 1. The summed E-state index contributed by atoms with van der Waals surface area (Å²) in [5, 5.41) is 15.0. The number of nitrogens with two attached hydrogens (primary N) is 1. The maximum Gasteiger partial charge on any atom is 0.321 e. The molecule has 6 heteroatoms. The summed E-state index contributed by atoms with van der Waals surface area (Å²) in [5.74, 6) is -0.355. The largest absolute Gasteiger partial charge is 0.480 e. The van der Waals surface area contributed by atoms with E-state index in [9.17, 15) is 4.79 Å². The maximum absolute atomic E-state index is 10.3. The normalized spacial score (nSPS) is 12.7. The molecule has 0 spiro atoms. The standard InChI is InChI=1S/C8H13N3O3/c1-5-2-6(14-11-5)3-10-4-7(9)8(12)13/h2,7,10H,3-4,9H2,1H3,(H,12,13). The first kappa shape index (κ1) is 10.7. The monoisotopic (exact) mass is 199 g/mol. The Morgan fingerprint density at radius 2 is 2.57 bits per heavy atom. The van der Waals surface area contributed by atoms with Gasteiger partial charge in [0.05, 0.1) is 12.2 Å². The molecular formula is C8H13N3O3. The van der Waals surface area contributed by atoms with Gasteiger partial charge in [-0.05, 0) is 6.92 Å². The Morgan fingerprint density at radius 1 is 1.86 bits per heavy atom. The molecule has 4 N–H and O–H groups in total. The lowest BCUT2D eigenvalue weighted by Crippen LogP contribution is -2.39. The average molecular weight is 199 g/mol. The molecule has 0 aliphatic heterocycles. The summed E-state index contributed by atoms with van der Waals surface area (Å²) in [6, 6.07) is 0.887. The van der Waals surface area contributed by atoms with E-state index in [0.717, 1.165) is 5.69 Å². The van der Waals surface area contributed by atoms with Crippen LogP contribution in [0.2, 0.25) is 0 Å². The van der Waals surface area contributed by atoms with E-state index in [1.54, 1.807) is 6.07 Å². The van der Waals surface area contributed by atoms with Crippen molar-refractivity contribution in [1.29, 1.82) is 0 Å². The number of carboxylic acid groups (broad SMARTS) is 1. The molecular weight excluding hydrogens is 186 g/mol.